The van der Waals surface area contributed by atoms with Crippen LogP contribution >= 0.6 is 0 Å². The molecule has 0 aliphatic heterocycles. The van der Waals surface area contributed by atoms with Crippen LogP contribution in [-0.4, -0.2) is 9.55 Å². The lowest BCUT2D eigenvalue weighted by Gasteiger charge is -1.91. The largest absolute Gasteiger partial charge is 0.448 e. The summed E-state index contributed by atoms with van der Waals surface area (Å²) >= 11 is 0. The van der Waals surface area contributed by atoms with Gasteiger partial charge in [-0.1, -0.05) is 0 Å². The number of aromatic nitrogens is 2. The Morgan fingerprint density at radius 1 is 1.50 bits per heavy atom. The third-order valence-corrected chi connectivity index (χ3v) is 1.27. The van der Waals surface area contributed by atoms with Crippen LogP contribution in [0.3, 0.4) is 0 Å². The fourth-order valence-corrected chi connectivity index (χ4v) is 0.806. The molecule has 2 aromatic rings. The van der Waals surface area contributed by atoms with Gasteiger partial charge in [-0.25, -0.2) is 4.98 Å². The summed E-state index contributed by atoms with van der Waals surface area (Å²) in [6, 6.07) is 3.72. The highest BCUT2D eigenvalue weighted by Crippen LogP contribution is 2.05. The van der Waals surface area contributed by atoms with Crippen molar-refractivity contribution >= 4 is 0 Å². The second kappa shape index (κ2) is 2.02. The van der Waals surface area contributed by atoms with E-state index in [9.17, 15) is 0 Å². The van der Waals surface area contributed by atoms with Crippen molar-refractivity contribution in [2.75, 3.05) is 0 Å². The first kappa shape index (κ1) is 5.29. The molecule has 0 bridgehead atoms. The summed E-state index contributed by atoms with van der Waals surface area (Å²) in [5.74, 6) is 0.789. The normalized spacial score (nSPS) is 10.0. The maximum Gasteiger partial charge on any atom is 0.204 e. The van der Waals surface area contributed by atoms with E-state index in [2.05, 4.69) is 4.98 Å². The molecule has 2 aromatic heterocycles. The number of furan rings is 1. The predicted molar refractivity (Wildman–Crippen MR) is 35.8 cm³/mol. The minimum Gasteiger partial charge on any atom is -0.448 e. The number of rotatable bonds is 1. The van der Waals surface area contributed by atoms with Gasteiger partial charge in [0.1, 0.15) is 6.33 Å². The number of imidazole rings is 1. The van der Waals surface area contributed by atoms with Gasteiger partial charge in [0.05, 0.1) is 6.26 Å². The molecule has 0 aromatic carbocycles. The molecule has 0 atom stereocenters. The lowest BCUT2D eigenvalue weighted by Crippen LogP contribution is -1.84. The zero-order valence-corrected chi connectivity index (χ0v) is 5.27. The summed E-state index contributed by atoms with van der Waals surface area (Å²) in [6.45, 7) is 0. The standard InChI is InChI=1S/C7H6N2O/c1-2-7(10-5-1)9-4-3-8-6-9/h1-6H. The minimum atomic E-state index is 0.789. The molecule has 0 saturated carbocycles. The van der Waals surface area contributed by atoms with Gasteiger partial charge < -0.3 is 4.42 Å². The summed E-state index contributed by atoms with van der Waals surface area (Å²) in [5.41, 5.74) is 0. The van der Waals surface area contributed by atoms with E-state index in [4.69, 9.17) is 4.42 Å². The van der Waals surface area contributed by atoms with E-state index in [1.165, 1.54) is 0 Å². The highest BCUT2D eigenvalue weighted by Gasteiger charge is 1.93. The molecule has 0 fully saturated rings. The van der Waals surface area contributed by atoms with Gasteiger partial charge in [-0.3, -0.25) is 4.57 Å². The fraction of sp³-hybridized carbons (Fsp3) is 0. The van der Waals surface area contributed by atoms with E-state index in [0.29, 0.717) is 0 Å². The van der Waals surface area contributed by atoms with E-state index in [-0.39, 0.29) is 0 Å². The molecule has 0 N–H and O–H groups in total. The lowest BCUT2D eigenvalue weighted by atomic mass is 10.6. The summed E-state index contributed by atoms with van der Waals surface area (Å²) < 4.78 is 6.91. The van der Waals surface area contributed by atoms with Gasteiger partial charge in [0, 0.05) is 18.5 Å². The maximum absolute atomic E-state index is 5.10. The van der Waals surface area contributed by atoms with Crippen LogP contribution < -0.4 is 0 Å². The van der Waals surface area contributed by atoms with Gasteiger partial charge in [-0.05, 0) is 6.07 Å². The SMILES string of the molecule is c1coc(-n2ccnc2)c1. The first-order valence-corrected chi connectivity index (χ1v) is 2.98. The summed E-state index contributed by atoms with van der Waals surface area (Å²) in [6.07, 6.45) is 6.87. The second-order valence-electron chi connectivity index (χ2n) is 1.92. The third-order valence-electron chi connectivity index (χ3n) is 1.27. The molecule has 2 rings (SSSR count). The third kappa shape index (κ3) is 0.719. The van der Waals surface area contributed by atoms with E-state index in [1.807, 2.05) is 18.3 Å². The molecule has 0 amide bonds. The molecular formula is C7H6N2O. The van der Waals surface area contributed by atoms with Crippen LogP contribution in [0.15, 0.2) is 41.5 Å². The van der Waals surface area contributed by atoms with Crippen LogP contribution in [0.4, 0.5) is 0 Å². The highest BCUT2D eigenvalue weighted by molar-refractivity contribution is 5.16. The molecule has 0 unspecified atom stereocenters. The van der Waals surface area contributed by atoms with Crippen molar-refractivity contribution in [1.82, 2.24) is 9.55 Å². The van der Waals surface area contributed by atoms with Crippen LogP contribution in [0.1, 0.15) is 0 Å². The average Bonchev–Trinajstić information content (AvgIpc) is 2.59. The Labute approximate surface area is 57.9 Å². The Bertz CT molecular complexity index is 251. The van der Waals surface area contributed by atoms with Crippen LogP contribution in [0.5, 0.6) is 0 Å². The topological polar surface area (TPSA) is 31.0 Å². The lowest BCUT2D eigenvalue weighted by molar-refractivity contribution is 0.538. The van der Waals surface area contributed by atoms with Crippen LogP contribution in [0.2, 0.25) is 0 Å². The quantitative estimate of drug-likeness (QED) is 0.591. The van der Waals surface area contributed by atoms with Gasteiger partial charge in [0.25, 0.3) is 0 Å². The molecule has 0 aliphatic carbocycles. The van der Waals surface area contributed by atoms with Crippen LogP contribution in [0, 0.1) is 0 Å². The van der Waals surface area contributed by atoms with Crippen LogP contribution in [-0.2, 0) is 0 Å². The molecule has 2 heterocycles. The summed E-state index contributed by atoms with van der Waals surface area (Å²) in [7, 11) is 0. The molecule has 10 heavy (non-hydrogen) atoms. The molecule has 3 heteroatoms. The minimum absolute atomic E-state index is 0.789. The predicted octanol–water partition coefficient (Wildman–Crippen LogP) is 1.47. The van der Waals surface area contributed by atoms with Crippen molar-refractivity contribution < 1.29 is 4.42 Å². The molecule has 0 radical (unpaired) electrons. The van der Waals surface area contributed by atoms with Crippen molar-refractivity contribution in [1.29, 1.82) is 0 Å². The van der Waals surface area contributed by atoms with Crippen molar-refractivity contribution in [3.8, 4) is 5.88 Å². The summed E-state index contributed by atoms with van der Waals surface area (Å²) in [5, 5.41) is 0. The zero-order valence-electron chi connectivity index (χ0n) is 5.27. The molecule has 3 nitrogen and oxygen atoms in total. The van der Waals surface area contributed by atoms with Gasteiger partial charge in [-0.15, -0.1) is 0 Å². The van der Waals surface area contributed by atoms with E-state index in [0.717, 1.165) is 5.88 Å². The molecule has 0 aliphatic rings. The molecular weight excluding hydrogens is 128 g/mol. The van der Waals surface area contributed by atoms with Gasteiger partial charge >= 0.3 is 0 Å². The zero-order chi connectivity index (χ0) is 6.81. The van der Waals surface area contributed by atoms with Gasteiger partial charge in [-0.2, -0.15) is 0 Å². The van der Waals surface area contributed by atoms with E-state index in [1.54, 1.807) is 23.4 Å². The fourth-order valence-electron chi connectivity index (χ4n) is 0.806. The Morgan fingerprint density at radius 3 is 3.10 bits per heavy atom. The molecule has 50 valence electrons. The average molecular weight is 134 g/mol. The Kier molecular flexibility index (Phi) is 1.07. The first-order chi connectivity index (χ1) is 4.97. The van der Waals surface area contributed by atoms with Gasteiger partial charge in [0.2, 0.25) is 5.88 Å². The van der Waals surface area contributed by atoms with Crippen molar-refractivity contribution in [2.24, 2.45) is 0 Å². The monoisotopic (exact) mass is 134 g/mol. The Balaban J connectivity index is 2.48. The van der Waals surface area contributed by atoms with Gasteiger partial charge in [0.15, 0.2) is 0 Å². The number of hydrogen-bond acceptors (Lipinski definition) is 2. The first-order valence-electron chi connectivity index (χ1n) is 2.98. The van der Waals surface area contributed by atoms with Crippen LogP contribution in [0.25, 0.3) is 5.88 Å². The number of hydrogen-bond donors (Lipinski definition) is 0. The Hall–Kier alpha value is -1.51. The maximum atomic E-state index is 5.10. The molecule has 0 spiro atoms. The molecule has 0 saturated heterocycles. The van der Waals surface area contributed by atoms with Crippen molar-refractivity contribution in [3.05, 3.63) is 37.1 Å². The summed E-state index contributed by atoms with van der Waals surface area (Å²) in [4.78, 5) is 3.88. The second-order valence-corrected chi connectivity index (χ2v) is 1.92. The van der Waals surface area contributed by atoms with Crippen molar-refractivity contribution in [2.45, 2.75) is 0 Å². The van der Waals surface area contributed by atoms with E-state index >= 15 is 0 Å². The van der Waals surface area contributed by atoms with Crippen molar-refractivity contribution in [3.63, 3.8) is 0 Å². The Morgan fingerprint density at radius 2 is 2.50 bits per heavy atom. The van der Waals surface area contributed by atoms with E-state index < -0.39 is 0 Å². The number of nitrogens with zero attached hydrogens (tertiary/aromatic N) is 2. The highest BCUT2D eigenvalue weighted by atomic mass is 16.3. The smallest absolute Gasteiger partial charge is 0.204 e.